The molecule has 1 atom stereocenters. The number of benzene rings is 2. The largest absolute Gasteiger partial charge is 0.415 e. The zero-order valence-corrected chi connectivity index (χ0v) is 15.8. The lowest BCUT2D eigenvalue weighted by atomic mass is 9.79. The van der Waals surface area contributed by atoms with Gasteiger partial charge < -0.3 is 19.9 Å². The van der Waals surface area contributed by atoms with E-state index in [0.29, 0.717) is 31.9 Å². The lowest BCUT2D eigenvalue weighted by molar-refractivity contribution is 0.0872. The molecule has 2 saturated heterocycles. The van der Waals surface area contributed by atoms with Crippen molar-refractivity contribution in [2.45, 2.75) is 19.3 Å². The molecule has 0 radical (unpaired) electrons. The van der Waals surface area contributed by atoms with Crippen LogP contribution in [0.4, 0.5) is 15.3 Å². The fraction of sp³-hybridized carbons (Fsp3) is 0.364. The number of urea groups is 1. The van der Waals surface area contributed by atoms with Crippen LogP contribution in [0.15, 0.2) is 60.7 Å². The third kappa shape index (κ3) is 4.11. The summed E-state index contributed by atoms with van der Waals surface area (Å²) < 4.78 is 5.50. The van der Waals surface area contributed by atoms with Gasteiger partial charge in [-0.1, -0.05) is 36.4 Å². The molecule has 2 aliphatic rings. The SMILES string of the molecule is O=C(Nc1ccccc1)N1CC[C@@]2(CCCN(C(=O)Oc3ccccc3)C2)C1. The molecule has 4 rings (SSSR count). The van der Waals surface area contributed by atoms with Crippen molar-refractivity contribution in [1.82, 2.24) is 9.80 Å². The zero-order chi connectivity index (χ0) is 19.4. The Labute approximate surface area is 165 Å². The maximum atomic E-state index is 12.6. The summed E-state index contributed by atoms with van der Waals surface area (Å²) in [6.45, 7) is 2.71. The minimum absolute atomic E-state index is 0.0397. The van der Waals surface area contributed by atoms with Crippen LogP contribution in [-0.2, 0) is 0 Å². The zero-order valence-electron chi connectivity index (χ0n) is 15.8. The minimum atomic E-state index is -0.308. The van der Waals surface area contributed by atoms with Crippen LogP contribution >= 0.6 is 0 Å². The standard InChI is InChI=1S/C22H25N3O3/c26-20(23-18-8-3-1-4-9-18)24-15-13-22(16-24)12-7-14-25(17-22)21(27)28-19-10-5-2-6-11-19/h1-6,8-11H,7,12-17H2,(H,23,26)/t22-/m0/s1. The predicted octanol–water partition coefficient (Wildman–Crippen LogP) is 4.21. The summed E-state index contributed by atoms with van der Waals surface area (Å²) in [5.74, 6) is 0.558. The molecule has 0 aliphatic carbocycles. The van der Waals surface area contributed by atoms with E-state index in [1.807, 2.05) is 53.4 Å². The van der Waals surface area contributed by atoms with E-state index in [1.165, 1.54) is 0 Å². The second-order valence-electron chi connectivity index (χ2n) is 7.67. The lowest BCUT2D eigenvalue weighted by Gasteiger charge is -2.39. The fourth-order valence-electron chi connectivity index (χ4n) is 4.18. The average Bonchev–Trinajstić information content (AvgIpc) is 3.13. The van der Waals surface area contributed by atoms with Crippen LogP contribution in [0.5, 0.6) is 5.75 Å². The van der Waals surface area contributed by atoms with Gasteiger partial charge in [0.25, 0.3) is 0 Å². The van der Waals surface area contributed by atoms with Gasteiger partial charge in [0, 0.05) is 37.3 Å². The van der Waals surface area contributed by atoms with E-state index in [4.69, 9.17) is 4.74 Å². The van der Waals surface area contributed by atoms with E-state index >= 15 is 0 Å². The highest BCUT2D eigenvalue weighted by Crippen LogP contribution is 2.39. The monoisotopic (exact) mass is 379 g/mol. The number of likely N-dealkylation sites (tertiary alicyclic amines) is 2. The number of amides is 3. The number of piperidine rings is 1. The molecule has 146 valence electrons. The quantitative estimate of drug-likeness (QED) is 0.850. The van der Waals surface area contributed by atoms with Crippen molar-refractivity contribution in [2.75, 3.05) is 31.5 Å². The number of hydrogen-bond acceptors (Lipinski definition) is 3. The van der Waals surface area contributed by atoms with Gasteiger partial charge in [0.2, 0.25) is 0 Å². The van der Waals surface area contributed by atoms with E-state index in [9.17, 15) is 9.59 Å². The minimum Gasteiger partial charge on any atom is -0.410 e. The molecule has 0 bridgehead atoms. The first kappa shape index (κ1) is 18.3. The Morgan fingerprint density at radius 2 is 1.54 bits per heavy atom. The van der Waals surface area contributed by atoms with Crippen LogP contribution in [0.3, 0.4) is 0 Å². The molecule has 0 unspecified atom stereocenters. The summed E-state index contributed by atoms with van der Waals surface area (Å²) in [7, 11) is 0. The number of anilines is 1. The van der Waals surface area contributed by atoms with Crippen LogP contribution in [0.2, 0.25) is 0 Å². The number of carbonyl (C=O) groups is 2. The first-order chi connectivity index (χ1) is 13.6. The summed E-state index contributed by atoms with van der Waals surface area (Å²) in [6.07, 6.45) is 2.55. The van der Waals surface area contributed by atoms with Gasteiger partial charge in [-0.15, -0.1) is 0 Å². The number of nitrogens with one attached hydrogen (secondary N) is 1. The number of nitrogens with zero attached hydrogens (tertiary/aromatic N) is 2. The van der Waals surface area contributed by atoms with E-state index in [2.05, 4.69) is 5.32 Å². The molecule has 2 aromatic carbocycles. The Bertz CT molecular complexity index is 827. The molecule has 2 fully saturated rings. The Hall–Kier alpha value is -3.02. The molecule has 6 nitrogen and oxygen atoms in total. The molecule has 0 saturated carbocycles. The normalized spacial score (nSPS) is 21.6. The molecule has 2 aliphatic heterocycles. The van der Waals surface area contributed by atoms with Crippen molar-refractivity contribution in [1.29, 1.82) is 0 Å². The highest BCUT2D eigenvalue weighted by Gasteiger charge is 2.44. The van der Waals surface area contributed by atoms with Gasteiger partial charge in [-0.2, -0.15) is 0 Å². The van der Waals surface area contributed by atoms with Gasteiger partial charge >= 0.3 is 12.1 Å². The van der Waals surface area contributed by atoms with Crippen LogP contribution < -0.4 is 10.1 Å². The number of para-hydroxylation sites is 2. The summed E-state index contributed by atoms with van der Waals surface area (Å²) in [6, 6.07) is 18.6. The Kier molecular flexibility index (Phi) is 5.19. The van der Waals surface area contributed by atoms with Crippen molar-refractivity contribution >= 4 is 17.8 Å². The molecule has 2 heterocycles. The number of ether oxygens (including phenoxy) is 1. The first-order valence-corrected chi connectivity index (χ1v) is 9.76. The second-order valence-corrected chi connectivity index (χ2v) is 7.67. The molecule has 1 spiro atoms. The van der Waals surface area contributed by atoms with Gasteiger partial charge in [0.15, 0.2) is 0 Å². The van der Waals surface area contributed by atoms with Crippen molar-refractivity contribution in [3.63, 3.8) is 0 Å². The maximum Gasteiger partial charge on any atom is 0.415 e. The maximum absolute atomic E-state index is 12.6. The van der Waals surface area contributed by atoms with Gasteiger partial charge in [0.1, 0.15) is 5.75 Å². The van der Waals surface area contributed by atoms with Gasteiger partial charge in [-0.05, 0) is 43.5 Å². The lowest BCUT2D eigenvalue weighted by Crippen LogP contribution is -2.48. The number of hydrogen-bond donors (Lipinski definition) is 1. The summed E-state index contributed by atoms with van der Waals surface area (Å²) in [5, 5.41) is 2.95. The van der Waals surface area contributed by atoms with E-state index < -0.39 is 0 Å². The highest BCUT2D eigenvalue weighted by molar-refractivity contribution is 5.89. The van der Waals surface area contributed by atoms with E-state index in [-0.39, 0.29) is 17.5 Å². The van der Waals surface area contributed by atoms with Gasteiger partial charge in [0.05, 0.1) is 0 Å². The fourth-order valence-corrected chi connectivity index (χ4v) is 4.18. The summed E-state index contributed by atoms with van der Waals surface area (Å²) >= 11 is 0. The molecular weight excluding hydrogens is 354 g/mol. The van der Waals surface area contributed by atoms with Gasteiger partial charge in [-0.3, -0.25) is 0 Å². The van der Waals surface area contributed by atoms with Crippen molar-refractivity contribution in [2.24, 2.45) is 5.41 Å². The topological polar surface area (TPSA) is 61.9 Å². The van der Waals surface area contributed by atoms with Crippen molar-refractivity contribution < 1.29 is 14.3 Å². The van der Waals surface area contributed by atoms with Crippen molar-refractivity contribution in [3.05, 3.63) is 60.7 Å². The predicted molar refractivity (Wildman–Crippen MR) is 107 cm³/mol. The smallest absolute Gasteiger partial charge is 0.410 e. The third-order valence-corrected chi connectivity index (χ3v) is 5.62. The first-order valence-electron chi connectivity index (χ1n) is 9.76. The molecule has 0 aromatic heterocycles. The highest BCUT2D eigenvalue weighted by atomic mass is 16.6. The molecule has 6 heteroatoms. The molecule has 28 heavy (non-hydrogen) atoms. The summed E-state index contributed by atoms with van der Waals surface area (Å²) in [5.41, 5.74) is 0.757. The number of rotatable bonds is 2. The average molecular weight is 379 g/mol. The molecule has 1 N–H and O–H groups in total. The molecule has 3 amide bonds. The number of carbonyl (C=O) groups excluding carboxylic acids is 2. The second kappa shape index (κ2) is 7.92. The Morgan fingerprint density at radius 1 is 0.857 bits per heavy atom. The van der Waals surface area contributed by atoms with Crippen LogP contribution in [-0.4, -0.2) is 48.1 Å². The van der Waals surface area contributed by atoms with Crippen molar-refractivity contribution in [3.8, 4) is 5.75 Å². The van der Waals surface area contributed by atoms with Crippen LogP contribution in [0.25, 0.3) is 0 Å². The van der Waals surface area contributed by atoms with Crippen LogP contribution in [0.1, 0.15) is 19.3 Å². The Balaban J connectivity index is 1.36. The molecular formula is C22H25N3O3. The Morgan fingerprint density at radius 3 is 2.29 bits per heavy atom. The molecule has 2 aromatic rings. The van der Waals surface area contributed by atoms with E-state index in [0.717, 1.165) is 24.9 Å². The summed E-state index contributed by atoms with van der Waals surface area (Å²) in [4.78, 5) is 28.8. The van der Waals surface area contributed by atoms with E-state index in [1.54, 1.807) is 17.0 Å². The van der Waals surface area contributed by atoms with Crippen LogP contribution in [0, 0.1) is 5.41 Å². The third-order valence-electron chi connectivity index (χ3n) is 5.62. The van der Waals surface area contributed by atoms with Gasteiger partial charge in [-0.25, -0.2) is 9.59 Å².